The number of carbonyl (C=O) groups excluding carboxylic acids is 1. The van der Waals surface area contributed by atoms with Crippen LogP contribution < -0.4 is 10.2 Å². The van der Waals surface area contributed by atoms with E-state index in [2.05, 4.69) is 56.2 Å². The third-order valence-corrected chi connectivity index (χ3v) is 6.32. The molecule has 2 aromatic carbocycles. The van der Waals surface area contributed by atoms with Gasteiger partial charge in [-0.1, -0.05) is 24.6 Å². The van der Waals surface area contributed by atoms with Crippen molar-refractivity contribution in [3.05, 3.63) is 63.7 Å². The molecule has 156 valence electrons. The largest absolute Gasteiger partial charge is 0.369 e. The van der Waals surface area contributed by atoms with Gasteiger partial charge in [-0.15, -0.1) is 0 Å². The number of anilines is 2. The van der Waals surface area contributed by atoms with E-state index in [1.807, 2.05) is 39.0 Å². The number of nitriles is 1. The zero-order valence-corrected chi connectivity index (χ0v) is 19.1. The first-order valence-electron chi connectivity index (χ1n) is 10.4. The maximum Gasteiger partial charge on any atom is 0.266 e. The van der Waals surface area contributed by atoms with Gasteiger partial charge in [0.1, 0.15) is 11.6 Å². The summed E-state index contributed by atoms with van der Waals surface area (Å²) in [4.78, 5) is 15.1. The first kappa shape index (κ1) is 21.6. The van der Waals surface area contributed by atoms with E-state index in [-0.39, 0.29) is 17.0 Å². The highest BCUT2D eigenvalue weighted by Crippen LogP contribution is 2.43. The van der Waals surface area contributed by atoms with Gasteiger partial charge in [0.25, 0.3) is 5.91 Å². The van der Waals surface area contributed by atoms with Crippen molar-refractivity contribution in [3.63, 3.8) is 0 Å². The molecule has 4 heteroatoms. The number of nitrogens with one attached hydrogen (secondary N) is 1. The topological polar surface area (TPSA) is 56.1 Å². The molecule has 30 heavy (non-hydrogen) atoms. The number of fused-ring (bicyclic) bond motifs is 1. The van der Waals surface area contributed by atoms with E-state index in [0.29, 0.717) is 5.92 Å². The minimum Gasteiger partial charge on any atom is -0.369 e. The summed E-state index contributed by atoms with van der Waals surface area (Å²) in [5.41, 5.74) is 7.51. The number of hydrogen-bond donors (Lipinski definition) is 1. The molecule has 0 saturated carbocycles. The van der Waals surface area contributed by atoms with Crippen LogP contribution in [0.4, 0.5) is 11.4 Å². The lowest BCUT2D eigenvalue weighted by molar-refractivity contribution is -0.112. The van der Waals surface area contributed by atoms with Gasteiger partial charge in [-0.25, -0.2) is 0 Å². The summed E-state index contributed by atoms with van der Waals surface area (Å²) in [5, 5.41) is 12.5. The number of nitrogens with zero attached hydrogens (tertiary/aromatic N) is 2. The van der Waals surface area contributed by atoms with Crippen molar-refractivity contribution in [3.8, 4) is 6.07 Å². The van der Waals surface area contributed by atoms with Crippen LogP contribution in [0.5, 0.6) is 0 Å². The highest BCUT2D eigenvalue weighted by Gasteiger charge is 2.34. The molecule has 0 saturated heterocycles. The monoisotopic (exact) mass is 401 g/mol. The Labute approximate surface area is 180 Å². The summed E-state index contributed by atoms with van der Waals surface area (Å²) in [6.45, 7) is 12.8. The van der Waals surface area contributed by atoms with Gasteiger partial charge in [0, 0.05) is 24.0 Å². The Kier molecular flexibility index (Phi) is 5.76. The summed E-state index contributed by atoms with van der Waals surface area (Å²) < 4.78 is 0. The fourth-order valence-electron chi connectivity index (χ4n) is 4.34. The summed E-state index contributed by atoms with van der Waals surface area (Å²) in [6.07, 6.45) is 2.77. The number of benzene rings is 2. The van der Waals surface area contributed by atoms with Crippen molar-refractivity contribution < 1.29 is 4.79 Å². The highest BCUT2D eigenvalue weighted by molar-refractivity contribution is 6.10. The highest BCUT2D eigenvalue weighted by atomic mass is 16.1. The maximum atomic E-state index is 12.8. The molecule has 0 radical (unpaired) electrons. The van der Waals surface area contributed by atoms with Crippen molar-refractivity contribution in [1.82, 2.24) is 0 Å². The number of amides is 1. The number of aryl methyl sites for hydroxylation is 3. The van der Waals surface area contributed by atoms with Gasteiger partial charge in [0.05, 0.1) is 0 Å². The SMILES string of the molecule is Cc1ccc(NC(=O)/C(C#N)=C\c2cc3c(cc2C)N(C)C(C)(C)C[C@H]3C)c(C)c1. The van der Waals surface area contributed by atoms with Crippen LogP contribution in [-0.4, -0.2) is 18.5 Å². The molecule has 0 aliphatic carbocycles. The summed E-state index contributed by atoms with van der Waals surface area (Å²) in [5.74, 6) is 0.0291. The minimum atomic E-state index is -0.382. The molecule has 1 aliphatic heterocycles. The molecular weight excluding hydrogens is 370 g/mol. The lowest BCUT2D eigenvalue weighted by Crippen LogP contribution is -2.45. The van der Waals surface area contributed by atoms with Crippen LogP contribution in [0.3, 0.4) is 0 Å². The summed E-state index contributed by atoms with van der Waals surface area (Å²) >= 11 is 0. The Morgan fingerprint density at radius 1 is 1.20 bits per heavy atom. The molecule has 0 aromatic heterocycles. The van der Waals surface area contributed by atoms with Gasteiger partial charge in [-0.05, 0) is 93.5 Å². The van der Waals surface area contributed by atoms with E-state index in [1.165, 1.54) is 11.3 Å². The smallest absolute Gasteiger partial charge is 0.266 e. The Balaban J connectivity index is 1.96. The molecular formula is C26H31N3O. The van der Waals surface area contributed by atoms with Gasteiger partial charge >= 0.3 is 0 Å². The standard InChI is InChI=1S/C26H31N3O/c1-16-8-9-23(18(3)10-16)28-25(30)21(15-27)12-20-13-22-19(4)14-26(5,6)29(7)24(22)11-17(20)2/h8-13,19H,14H2,1-7H3,(H,28,30)/b21-12-/t19-/m1/s1. The summed E-state index contributed by atoms with van der Waals surface area (Å²) in [6, 6.07) is 12.2. The van der Waals surface area contributed by atoms with Crippen molar-refractivity contribution in [2.75, 3.05) is 17.3 Å². The predicted octanol–water partition coefficient (Wildman–Crippen LogP) is 5.88. The number of rotatable bonds is 3. The van der Waals surface area contributed by atoms with Crippen LogP contribution in [0.25, 0.3) is 6.08 Å². The van der Waals surface area contributed by atoms with Gasteiger partial charge in [0.15, 0.2) is 0 Å². The second kappa shape index (κ2) is 7.99. The number of hydrogen-bond acceptors (Lipinski definition) is 3. The van der Waals surface area contributed by atoms with E-state index < -0.39 is 0 Å². The molecule has 2 aromatic rings. The molecule has 1 N–H and O–H groups in total. The molecule has 1 amide bonds. The van der Waals surface area contributed by atoms with E-state index in [9.17, 15) is 10.1 Å². The van der Waals surface area contributed by atoms with Crippen molar-refractivity contribution >= 4 is 23.4 Å². The van der Waals surface area contributed by atoms with Gasteiger partial charge in [0.2, 0.25) is 0 Å². The Morgan fingerprint density at radius 3 is 2.53 bits per heavy atom. The zero-order valence-electron chi connectivity index (χ0n) is 19.1. The summed E-state index contributed by atoms with van der Waals surface area (Å²) in [7, 11) is 2.14. The molecule has 1 aliphatic rings. The molecule has 1 heterocycles. The van der Waals surface area contributed by atoms with Crippen molar-refractivity contribution in [1.29, 1.82) is 5.26 Å². The van der Waals surface area contributed by atoms with Gasteiger partial charge in [-0.3, -0.25) is 4.79 Å². The molecule has 4 nitrogen and oxygen atoms in total. The molecule has 0 spiro atoms. The zero-order chi connectivity index (χ0) is 22.2. The molecule has 0 fully saturated rings. The third-order valence-electron chi connectivity index (χ3n) is 6.32. The van der Waals surface area contributed by atoms with Crippen LogP contribution in [0.2, 0.25) is 0 Å². The van der Waals surface area contributed by atoms with Crippen molar-refractivity contribution in [2.45, 2.75) is 59.4 Å². The third kappa shape index (κ3) is 4.11. The maximum absolute atomic E-state index is 12.8. The Bertz CT molecular complexity index is 1070. The van der Waals surface area contributed by atoms with Crippen LogP contribution in [0, 0.1) is 32.1 Å². The predicted molar refractivity (Wildman–Crippen MR) is 125 cm³/mol. The average molecular weight is 402 g/mol. The van der Waals surface area contributed by atoms with Crippen molar-refractivity contribution in [2.24, 2.45) is 0 Å². The second-order valence-electron chi connectivity index (χ2n) is 9.19. The molecule has 0 unspecified atom stereocenters. The van der Waals surface area contributed by atoms with E-state index in [4.69, 9.17) is 0 Å². The lowest BCUT2D eigenvalue weighted by Gasteiger charge is -2.45. The van der Waals surface area contributed by atoms with Crippen LogP contribution in [-0.2, 0) is 4.79 Å². The van der Waals surface area contributed by atoms with Crippen LogP contribution in [0.15, 0.2) is 35.9 Å². The van der Waals surface area contributed by atoms with Gasteiger partial charge < -0.3 is 10.2 Å². The minimum absolute atomic E-state index is 0.0970. The normalized spacial score (nSPS) is 17.9. The lowest BCUT2D eigenvalue weighted by atomic mass is 9.79. The van der Waals surface area contributed by atoms with E-state index in [0.717, 1.165) is 34.4 Å². The molecule has 3 rings (SSSR count). The fraction of sp³-hybridized carbons (Fsp3) is 0.385. The second-order valence-corrected chi connectivity index (χ2v) is 9.19. The average Bonchev–Trinajstić information content (AvgIpc) is 2.66. The van der Waals surface area contributed by atoms with Crippen LogP contribution in [0.1, 0.15) is 60.9 Å². The fourth-order valence-corrected chi connectivity index (χ4v) is 4.34. The van der Waals surface area contributed by atoms with Crippen LogP contribution >= 0.6 is 0 Å². The Morgan fingerprint density at radius 2 is 1.90 bits per heavy atom. The quantitative estimate of drug-likeness (QED) is 0.516. The number of carbonyl (C=O) groups is 1. The first-order chi connectivity index (χ1) is 14.0. The van der Waals surface area contributed by atoms with E-state index >= 15 is 0 Å². The molecule has 0 bridgehead atoms. The molecule has 1 atom stereocenters. The van der Waals surface area contributed by atoms with E-state index in [1.54, 1.807) is 6.08 Å². The van der Waals surface area contributed by atoms with Gasteiger partial charge in [-0.2, -0.15) is 5.26 Å². The first-order valence-corrected chi connectivity index (χ1v) is 10.4. The Hall–Kier alpha value is -3.06.